The molecule has 0 spiro atoms. The van der Waals surface area contributed by atoms with Crippen molar-refractivity contribution in [3.8, 4) is 0 Å². The molecule has 0 aliphatic carbocycles. The Bertz CT molecular complexity index is 816. The molecule has 1 aliphatic rings. The van der Waals surface area contributed by atoms with Crippen molar-refractivity contribution in [1.29, 1.82) is 0 Å². The van der Waals surface area contributed by atoms with Crippen LogP contribution in [0.5, 0.6) is 0 Å². The molecule has 0 bridgehead atoms. The largest absolute Gasteiger partial charge is 0.459 e. The van der Waals surface area contributed by atoms with Gasteiger partial charge >= 0.3 is 5.97 Å². The highest BCUT2D eigenvalue weighted by Crippen LogP contribution is 2.31. The summed E-state index contributed by atoms with van der Waals surface area (Å²) in [7, 11) is 0. The molecule has 1 amide bonds. The quantitative estimate of drug-likeness (QED) is 0.708. The van der Waals surface area contributed by atoms with Gasteiger partial charge in [0.2, 0.25) is 5.91 Å². The van der Waals surface area contributed by atoms with Crippen LogP contribution in [-0.4, -0.2) is 18.0 Å². The molecule has 2 aromatic carbocycles. The molecule has 0 N–H and O–H groups in total. The van der Waals surface area contributed by atoms with Crippen LogP contribution in [0.2, 0.25) is 0 Å². The van der Waals surface area contributed by atoms with E-state index in [0.29, 0.717) is 18.5 Å². The van der Waals surface area contributed by atoms with Gasteiger partial charge in [0.25, 0.3) is 0 Å². The summed E-state index contributed by atoms with van der Waals surface area (Å²) in [5, 5.41) is 0. The number of rotatable bonds is 4. The topological polar surface area (TPSA) is 46.6 Å². The lowest BCUT2D eigenvalue weighted by Crippen LogP contribution is -2.34. The molecule has 0 atom stereocenters. The van der Waals surface area contributed by atoms with Crippen molar-refractivity contribution in [1.82, 2.24) is 0 Å². The van der Waals surface area contributed by atoms with E-state index < -0.39 is 0 Å². The van der Waals surface area contributed by atoms with Gasteiger partial charge in [0.05, 0.1) is 18.2 Å². The van der Waals surface area contributed by atoms with Crippen molar-refractivity contribution in [2.24, 2.45) is 0 Å². The number of carbonyl (C=O) groups excluding carboxylic acids is 2. The second-order valence-corrected chi connectivity index (χ2v) is 7.32. The van der Waals surface area contributed by atoms with Gasteiger partial charge in [-0.3, -0.25) is 4.79 Å². The highest BCUT2D eigenvalue weighted by Gasteiger charge is 2.24. The predicted molar refractivity (Wildman–Crippen MR) is 101 cm³/mol. The Morgan fingerprint density at radius 1 is 1.20 bits per heavy atom. The minimum Gasteiger partial charge on any atom is -0.459 e. The van der Waals surface area contributed by atoms with Crippen LogP contribution in [0.1, 0.15) is 41.8 Å². The normalized spacial score (nSPS) is 13.8. The number of aryl methyl sites for hydroxylation is 1. The van der Waals surface area contributed by atoms with Crippen LogP contribution in [0, 0.1) is 0 Å². The summed E-state index contributed by atoms with van der Waals surface area (Å²) in [4.78, 5) is 26.3. The van der Waals surface area contributed by atoms with Crippen molar-refractivity contribution in [3.63, 3.8) is 0 Å². The second kappa shape index (κ2) is 7.40. The zero-order chi connectivity index (χ0) is 18.0. The van der Waals surface area contributed by atoms with Crippen molar-refractivity contribution >= 4 is 33.5 Å². The van der Waals surface area contributed by atoms with E-state index in [-0.39, 0.29) is 18.0 Å². The average molecular weight is 402 g/mol. The Balaban J connectivity index is 1.85. The lowest BCUT2D eigenvalue weighted by Gasteiger charge is -2.29. The Morgan fingerprint density at radius 2 is 2.00 bits per heavy atom. The van der Waals surface area contributed by atoms with Gasteiger partial charge in [-0.15, -0.1) is 0 Å². The summed E-state index contributed by atoms with van der Waals surface area (Å²) in [6, 6.07) is 13.2. The standard InChI is InChI=1S/C20H20BrNO3/c1-13(2)25-20(24)16-5-3-4-14(10-16)12-22-18-8-7-17(21)11-15(18)6-9-19(22)23/h3-5,7-8,10-11,13H,6,9,12H2,1-2H3. The first-order valence-corrected chi connectivity index (χ1v) is 9.12. The van der Waals surface area contributed by atoms with E-state index >= 15 is 0 Å². The molecular formula is C20H20BrNO3. The van der Waals surface area contributed by atoms with Crippen molar-refractivity contribution < 1.29 is 14.3 Å². The number of carbonyl (C=O) groups is 2. The lowest BCUT2D eigenvalue weighted by atomic mass is 10.00. The molecule has 1 heterocycles. The van der Waals surface area contributed by atoms with Gasteiger partial charge in [0.1, 0.15) is 0 Å². The van der Waals surface area contributed by atoms with E-state index in [1.807, 2.05) is 38.1 Å². The fourth-order valence-corrected chi connectivity index (χ4v) is 3.37. The highest BCUT2D eigenvalue weighted by atomic mass is 79.9. The zero-order valence-electron chi connectivity index (χ0n) is 14.3. The predicted octanol–water partition coefficient (Wildman–Crippen LogP) is 4.49. The van der Waals surface area contributed by atoms with Crippen LogP contribution in [0.15, 0.2) is 46.9 Å². The third kappa shape index (κ3) is 4.10. The van der Waals surface area contributed by atoms with Gasteiger partial charge in [-0.2, -0.15) is 0 Å². The van der Waals surface area contributed by atoms with Crippen LogP contribution in [0.25, 0.3) is 0 Å². The summed E-state index contributed by atoms with van der Waals surface area (Å²) in [6.07, 6.45) is 1.09. The van der Waals surface area contributed by atoms with Gasteiger partial charge < -0.3 is 9.64 Å². The van der Waals surface area contributed by atoms with Crippen LogP contribution in [0.4, 0.5) is 5.69 Å². The van der Waals surface area contributed by atoms with E-state index in [1.54, 1.807) is 17.0 Å². The fraction of sp³-hybridized carbons (Fsp3) is 0.300. The van der Waals surface area contributed by atoms with Crippen LogP contribution in [0.3, 0.4) is 0 Å². The van der Waals surface area contributed by atoms with Gasteiger partial charge in [0.15, 0.2) is 0 Å². The maximum absolute atomic E-state index is 12.4. The van der Waals surface area contributed by atoms with Crippen LogP contribution >= 0.6 is 15.9 Å². The number of nitrogens with zero attached hydrogens (tertiary/aromatic N) is 1. The molecule has 0 saturated carbocycles. The van der Waals surface area contributed by atoms with Gasteiger partial charge in [-0.1, -0.05) is 28.1 Å². The number of ether oxygens (including phenoxy) is 1. The summed E-state index contributed by atoms with van der Waals surface area (Å²) in [5.74, 6) is -0.240. The molecule has 0 saturated heterocycles. The number of benzene rings is 2. The number of halogens is 1. The van der Waals surface area contributed by atoms with E-state index in [4.69, 9.17) is 4.74 Å². The number of amides is 1. The van der Waals surface area contributed by atoms with Crippen molar-refractivity contribution in [2.75, 3.05) is 4.90 Å². The Kier molecular flexibility index (Phi) is 5.23. The maximum Gasteiger partial charge on any atom is 0.338 e. The molecule has 0 unspecified atom stereocenters. The minimum atomic E-state index is -0.342. The molecule has 0 fully saturated rings. The molecule has 130 valence electrons. The molecular weight excluding hydrogens is 382 g/mol. The molecule has 25 heavy (non-hydrogen) atoms. The second-order valence-electron chi connectivity index (χ2n) is 6.41. The van der Waals surface area contributed by atoms with Crippen molar-refractivity contribution in [3.05, 3.63) is 63.6 Å². The minimum absolute atomic E-state index is 0.102. The third-order valence-corrected chi connectivity index (χ3v) is 4.58. The summed E-state index contributed by atoms with van der Waals surface area (Å²) in [5.41, 5.74) is 3.51. The molecule has 0 aromatic heterocycles. The summed E-state index contributed by atoms with van der Waals surface area (Å²) >= 11 is 3.48. The number of fused-ring (bicyclic) bond motifs is 1. The van der Waals surface area contributed by atoms with Gasteiger partial charge in [-0.25, -0.2) is 4.79 Å². The molecule has 2 aromatic rings. The summed E-state index contributed by atoms with van der Waals surface area (Å²) < 4.78 is 6.26. The van der Waals surface area contributed by atoms with Crippen LogP contribution in [-0.2, 0) is 22.5 Å². The van der Waals surface area contributed by atoms with E-state index in [0.717, 1.165) is 27.7 Å². The molecule has 0 radical (unpaired) electrons. The third-order valence-electron chi connectivity index (χ3n) is 4.09. The Hall–Kier alpha value is -2.14. The van der Waals surface area contributed by atoms with Crippen LogP contribution < -0.4 is 4.90 Å². The van der Waals surface area contributed by atoms with Crippen molar-refractivity contribution in [2.45, 2.75) is 39.3 Å². The first-order chi connectivity index (χ1) is 11.9. The molecule has 3 rings (SSSR count). The number of anilines is 1. The first-order valence-electron chi connectivity index (χ1n) is 8.33. The van der Waals surface area contributed by atoms with E-state index in [9.17, 15) is 9.59 Å². The van der Waals surface area contributed by atoms with E-state index in [1.165, 1.54) is 0 Å². The van der Waals surface area contributed by atoms with Gasteiger partial charge in [-0.05, 0) is 61.7 Å². The number of hydrogen-bond acceptors (Lipinski definition) is 3. The fourth-order valence-electron chi connectivity index (χ4n) is 2.96. The number of hydrogen-bond donors (Lipinski definition) is 0. The molecule has 4 nitrogen and oxygen atoms in total. The summed E-state index contributed by atoms with van der Waals surface area (Å²) in [6.45, 7) is 4.09. The average Bonchev–Trinajstić information content (AvgIpc) is 2.57. The smallest absolute Gasteiger partial charge is 0.338 e. The molecule has 5 heteroatoms. The Morgan fingerprint density at radius 3 is 2.76 bits per heavy atom. The number of esters is 1. The van der Waals surface area contributed by atoms with E-state index in [2.05, 4.69) is 22.0 Å². The van der Waals surface area contributed by atoms with Gasteiger partial charge in [0, 0.05) is 16.6 Å². The Labute approximate surface area is 155 Å². The SMILES string of the molecule is CC(C)OC(=O)c1cccc(CN2C(=O)CCc3cc(Br)ccc32)c1. The first kappa shape index (κ1) is 17.7. The monoisotopic (exact) mass is 401 g/mol. The molecule has 1 aliphatic heterocycles. The lowest BCUT2D eigenvalue weighted by molar-refractivity contribution is -0.119. The zero-order valence-corrected chi connectivity index (χ0v) is 15.9. The maximum atomic E-state index is 12.4. The highest BCUT2D eigenvalue weighted by molar-refractivity contribution is 9.10.